The van der Waals surface area contributed by atoms with Crippen molar-refractivity contribution in [2.24, 2.45) is 5.10 Å². The van der Waals surface area contributed by atoms with E-state index >= 15 is 0 Å². The van der Waals surface area contributed by atoms with Crippen LogP contribution in [0.25, 0.3) is 0 Å². The molecule has 4 heteroatoms. The van der Waals surface area contributed by atoms with E-state index in [0.29, 0.717) is 11.3 Å². The van der Waals surface area contributed by atoms with Crippen LogP contribution in [0.3, 0.4) is 0 Å². The van der Waals surface area contributed by atoms with E-state index in [2.05, 4.69) is 10.5 Å². The number of nitrogens with one attached hydrogen (secondary N) is 1. The number of hydrogen-bond acceptors (Lipinski definition) is 3. The number of amides is 1. The fourth-order valence-electron chi connectivity index (χ4n) is 1.78. The lowest BCUT2D eigenvalue weighted by Gasteiger charge is -2.06. The minimum absolute atomic E-state index is 0.0161. The zero-order valence-corrected chi connectivity index (χ0v) is 11.4. The molecule has 0 radical (unpaired) electrons. The number of aryl methyl sites for hydroxylation is 1. The molecular weight excluding hydrogens is 252 g/mol. The molecule has 0 fully saturated rings. The van der Waals surface area contributed by atoms with Crippen LogP contribution in [0.1, 0.15) is 28.4 Å². The zero-order chi connectivity index (χ0) is 14.5. The van der Waals surface area contributed by atoms with Gasteiger partial charge in [0.1, 0.15) is 5.75 Å². The zero-order valence-electron chi connectivity index (χ0n) is 11.4. The summed E-state index contributed by atoms with van der Waals surface area (Å²) in [6.45, 7) is 3.55. The van der Waals surface area contributed by atoms with E-state index in [4.69, 9.17) is 0 Å². The molecule has 0 bridgehead atoms. The first-order valence-corrected chi connectivity index (χ1v) is 6.28. The van der Waals surface area contributed by atoms with E-state index in [0.717, 1.165) is 5.56 Å². The number of carbonyl (C=O) groups is 1. The van der Waals surface area contributed by atoms with Gasteiger partial charge >= 0.3 is 0 Å². The highest BCUT2D eigenvalue weighted by atomic mass is 16.3. The molecule has 0 aliphatic rings. The van der Waals surface area contributed by atoms with Crippen LogP contribution in [0.15, 0.2) is 53.6 Å². The van der Waals surface area contributed by atoms with Crippen LogP contribution in [-0.2, 0) is 0 Å². The molecule has 0 spiro atoms. The molecule has 2 aromatic carbocycles. The van der Waals surface area contributed by atoms with Gasteiger partial charge in [0.25, 0.3) is 5.91 Å². The maximum Gasteiger partial charge on any atom is 0.275 e. The van der Waals surface area contributed by atoms with Gasteiger partial charge in [0.05, 0.1) is 11.3 Å². The number of phenols is 1. The van der Waals surface area contributed by atoms with Crippen LogP contribution >= 0.6 is 0 Å². The Morgan fingerprint density at radius 2 is 1.80 bits per heavy atom. The van der Waals surface area contributed by atoms with E-state index in [-0.39, 0.29) is 11.3 Å². The lowest BCUT2D eigenvalue weighted by atomic mass is 10.1. The minimum Gasteiger partial charge on any atom is -0.507 e. The molecule has 20 heavy (non-hydrogen) atoms. The van der Waals surface area contributed by atoms with Gasteiger partial charge in [-0.25, -0.2) is 5.43 Å². The molecule has 2 aromatic rings. The molecule has 4 nitrogen and oxygen atoms in total. The van der Waals surface area contributed by atoms with Gasteiger partial charge in [-0.05, 0) is 31.0 Å². The first-order valence-electron chi connectivity index (χ1n) is 6.28. The number of aromatic hydroxyl groups is 1. The standard InChI is InChI=1S/C16H16N2O2/c1-11-7-6-10-14(15(11)19)16(20)18-17-12(2)13-8-4-3-5-9-13/h3-10,19H,1-2H3,(H,18,20)/b17-12-. The second kappa shape index (κ2) is 6.02. The fraction of sp³-hybridized carbons (Fsp3) is 0.125. The maximum atomic E-state index is 12.0. The Balaban J connectivity index is 2.15. The lowest BCUT2D eigenvalue weighted by molar-refractivity contribution is 0.0952. The molecule has 0 aliphatic carbocycles. The van der Waals surface area contributed by atoms with Crippen LogP contribution in [0.5, 0.6) is 5.75 Å². The van der Waals surface area contributed by atoms with Gasteiger partial charge in [0.15, 0.2) is 0 Å². The number of nitrogens with zero attached hydrogens (tertiary/aromatic N) is 1. The Hall–Kier alpha value is -2.62. The fourth-order valence-corrected chi connectivity index (χ4v) is 1.78. The maximum absolute atomic E-state index is 12.0. The summed E-state index contributed by atoms with van der Waals surface area (Å²) in [6, 6.07) is 14.6. The van der Waals surface area contributed by atoms with E-state index < -0.39 is 5.91 Å². The van der Waals surface area contributed by atoms with Gasteiger partial charge in [-0.15, -0.1) is 0 Å². The van der Waals surface area contributed by atoms with Gasteiger partial charge < -0.3 is 5.11 Å². The summed E-state index contributed by atoms with van der Waals surface area (Å²) in [6.07, 6.45) is 0. The summed E-state index contributed by atoms with van der Waals surface area (Å²) in [5.74, 6) is -0.445. The topological polar surface area (TPSA) is 61.7 Å². The summed E-state index contributed by atoms with van der Waals surface area (Å²) >= 11 is 0. The van der Waals surface area contributed by atoms with Crippen molar-refractivity contribution in [3.8, 4) is 5.75 Å². The highest BCUT2D eigenvalue weighted by Gasteiger charge is 2.11. The average Bonchev–Trinajstić information content (AvgIpc) is 2.48. The van der Waals surface area contributed by atoms with Gasteiger partial charge in [-0.3, -0.25) is 4.79 Å². The molecule has 0 atom stereocenters. The van der Waals surface area contributed by atoms with Crippen LogP contribution in [0.4, 0.5) is 0 Å². The minimum atomic E-state index is -0.429. The summed E-state index contributed by atoms with van der Waals surface area (Å²) in [4.78, 5) is 12.0. The lowest BCUT2D eigenvalue weighted by Crippen LogP contribution is -2.19. The molecule has 1 amide bonds. The molecule has 0 saturated carbocycles. The predicted molar refractivity (Wildman–Crippen MR) is 79.0 cm³/mol. The van der Waals surface area contributed by atoms with Crippen LogP contribution in [0.2, 0.25) is 0 Å². The molecule has 0 saturated heterocycles. The van der Waals surface area contributed by atoms with Crippen molar-refractivity contribution < 1.29 is 9.90 Å². The number of para-hydroxylation sites is 1. The third-order valence-corrected chi connectivity index (χ3v) is 3.00. The van der Waals surface area contributed by atoms with Crippen molar-refractivity contribution in [1.29, 1.82) is 0 Å². The number of hydrazone groups is 1. The number of phenolic OH excluding ortho intramolecular Hbond substituents is 1. The third kappa shape index (κ3) is 3.03. The third-order valence-electron chi connectivity index (χ3n) is 3.00. The normalized spacial score (nSPS) is 11.2. The van der Waals surface area contributed by atoms with Crippen LogP contribution < -0.4 is 5.43 Å². The first-order chi connectivity index (χ1) is 9.59. The smallest absolute Gasteiger partial charge is 0.275 e. The number of benzene rings is 2. The second-order valence-corrected chi connectivity index (χ2v) is 4.48. The van der Waals surface area contributed by atoms with Gasteiger partial charge in [0, 0.05) is 0 Å². The average molecular weight is 268 g/mol. The van der Waals surface area contributed by atoms with Crippen molar-refractivity contribution in [1.82, 2.24) is 5.43 Å². The van der Waals surface area contributed by atoms with E-state index in [1.807, 2.05) is 37.3 Å². The molecular formula is C16H16N2O2. The van der Waals surface area contributed by atoms with Gasteiger partial charge in [0.2, 0.25) is 0 Å². The summed E-state index contributed by atoms with van der Waals surface area (Å²) in [7, 11) is 0. The van der Waals surface area contributed by atoms with Gasteiger partial charge in [-0.1, -0.05) is 42.5 Å². The van der Waals surface area contributed by atoms with Crippen molar-refractivity contribution in [2.45, 2.75) is 13.8 Å². The van der Waals surface area contributed by atoms with Crippen molar-refractivity contribution in [3.63, 3.8) is 0 Å². The Morgan fingerprint density at radius 1 is 1.10 bits per heavy atom. The highest BCUT2D eigenvalue weighted by molar-refractivity contribution is 6.01. The molecule has 0 unspecified atom stereocenters. The number of carbonyl (C=O) groups excluding carboxylic acids is 1. The largest absolute Gasteiger partial charge is 0.507 e. The molecule has 0 aliphatic heterocycles. The molecule has 2 rings (SSSR count). The Morgan fingerprint density at radius 3 is 2.50 bits per heavy atom. The van der Waals surface area contributed by atoms with Crippen LogP contribution in [-0.4, -0.2) is 16.7 Å². The van der Waals surface area contributed by atoms with Crippen molar-refractivity contribution in [3.05, 3.63) is 65.2 Å². The summed E-state index contributed by atoms with van der Waals surface area (Å²) < 4.78 is 0. The van der Waals surface area contributed by atoms with E-state index in [1.54, 1.807) is 25.1 Å². The SMILES string of the molecule is C/C(=N/NC(=O)c1cccc(C)c1O)c1ccccc1. The second-order valence-electron chi connectivity index (χ2n) is 4.48. The molecule has 102 valence electrons. The highest BCUT2D eigenvalue weighted by Crippen LogP contribution is 2.21. The summed E-state index contributed by atoms with van der Waals surface area (Å²) in [5.41, 5.74) is 4.96. The molecule has 0 aromatic heterocycles. The quantitative estimate of drug-likeness (QED) is 0.664. The van der Waals surface area contributed by atoms with Crippen molar-refractivity contribution >= 4 is 11.6 Å². The number of rotatable bonds is 3. The molecule has 2 N–H and O–H groups in total. The Kier molecular flexibility index (Phi) is 4.15. The van der Waals surface area contributed by atoms with E-state index in [9.17, 15) is 9.90 Å². The predicted octanol–water partition coefficient (Wildman–Crippen LogP) is 2.85. The first kappa shape index (κ1) is 13.8. The summed E-state index contributed by atoms with van der Waals surface area (Å²) in [5, 5.41) is 13.9. The van der Waals surface area contributed by atoms with E-state index in [1.165, 1.54) is 0 Å². The Labute approximate surface area is 117 Å². The van der Waals surface area contributed by atoms with Gasteiger partial charge in [-0.2, -0.15) is 5.10 Å². The number of hydrogen-bond donors (Lipinski definition) is 2. The Bertz CT molecular complexity index is 649. The monoisotopic (exact) mass is 268 g/mol. The molecule has 0 heterocycles. The van der Waals surface area contributed by atoms with Crippen molar-refractivity contribution in [2.75, 3.05) is 0 Å². The van der Waals surface area contributed by atoms with Crippen LogP contribution in [0, 0.1) is 6.92 Å².